The molecule has 2 aromatic heterocycles. The molecule has 0 radical (unpaired) electrons. The maximum atomic E-state index is 4.20. The molecule has 0 N–H and O–H groups in total. The van der Waals surface area contributed by atoms with Crippen LogP contribution in [0.25, 0.3) is 0 Å². The van der Waals surface area contributed by atoms with E-state index in [1.807, 2.05) is 16.0 Å². The second kappa shape index (κ2) is 5.50. The van der Waals surface area contributed by atoms with Crippen molar-refractivity contribution in [1.29, 1.82) is 0 Å². The third kappa shape index (κ3) is 2.81. The van der Waals surface area contributed by atoms with E-state index < -0.39 is 0 Å². The van der Waals surface area contributed by atoms with Crippen molar-refractivity contribution in [1.82, 2.24) is 19.7 Å². The lowest BCUT2D eigenvalue weighted by Crippen LogP contribution is -2.32. The Morgan fingerprint density at radius 1 is 1.44 bits per heavy atom. The summed E-state index contributed by atoms with van der Waals surface area (Å²) in [7, 11) is 0. The highest BCUT2D eigenvalue weighted by Crippen LogP contribution is 2.27. The van der Waals surface area contributed by atoms with E-state index in [4.69, 9.17) is 0 Å². The van der Waals surface area contributed by atoms with Gasteiger partial charge in [0.05, 0.1) is 10.3 Å². The summed E-state index contributed by atoms with van der Waals surface area (Å²) in [6.07, 6.45) is 5.95. The Kier molecular flexibility index (Phi) is 3.77. The summed E-state index contributed by atoms with van der Waals surface area (Å²) < 4.78 is 3.15. The van der Waals surface area contributed by atoms with E-state index in [0.29, 0.717) is 6.04 Å². The molecule has 96 valence electrons. The molecule has 0 bridgehead atoms. The summed E-state index contributed by atoms with van der Waals surface area (Å²) in [5.41, 5.74) is 0. The van der Waals surface area contributed by atoms with Gasteiger partial charge in [-0.1, -0.05) is 0 Å². The van der Waals surface area contributed by atoms with Crippen LogP contribution >= 0.6 is 27.3 Å². The van der Waals surface area contributed by atoms with Crippen LogP contribution in [0.2, 0.25) is 0 Å². The first-order chi connectivity index (χ1) is 8.81. The van der Waals surface area contributed by atoms with Gasteiger partial charge in [-0.15, -0.1) is 11.3 Å². The lowest BCUT2D eigenvalue weighted by molar-refractivity contribution is 0.221. The van der Waals surface area contributed by atoms with Gasteiger partial charge in [-0.3, -0.25) is 9.58 Å². The number of rotatable bonds is 4. The predicted octanol–water partition coefficient (Wildman–Crippen LogP) is 2.77. The van der Waals surface area contributed by atoms with Crippen LogP contribution in [-0.4, -0.2) is 32.3 Å². The van der Waals surface area contributed by atoms with Crippen LogP contribution in [0.1, 0.15) is 17.7 Å². The van der Waals surface area contributed by atoms with E-state index in [0.717, 1.165) is 13.1 Å². The highest BCUT2D eigenvalue weighted by atomic mass is 79.9. The first-order valence-corrected chi connectivity index (χ1v) is 7.73. The molecule has 1 aliphatic rings. The van der Waals surface area contributed by atoms with Crippen molar-refractivity contribution in [3.63, 3.8) is 0 Å². The topological polar surface area (TPSA) is 34.0 Å². The zero-order chi connectivity index (χ0) is 12.4. The van der Waals surface area contributed by atoms with Gasteiger partial charge in [0.1, 0.15) is 12.7 Å². The fourth-order valence-corrected chi connectivity index (χ4v) is 4.00. The Morgan fingerprint density at radius 2 is 2.39 bits per heavy atom. The average molecular weight is 327 g/mol. The number of hydrogen-bond donors (Lipinski definition) is 0. The molecular weight excluding hydrogens is 312 g/mol. The second-order valence-electron chi connectivity index (χ2n) is 4.59. The molecule has 18 heavy (non-hydrogen) atoms. The quantitative estimate of drug-likeness (QED) is 0.866. The molecule has 1 aliphatic heterocycles. The van der Waals surface area contributed by atoms with Crippen LogP contribution in [0, 0.1) is 0 Å². The normalized spacial score (nSPS) is 20.6. The van der Waals surface area contributed by atoms with Crippen LogP contribution in [-0.2, 0) is 13.1 Å². The molecule has 0 unspecified atom stereocenters. The first-order valence-electron chi connectivity index (χ1n) is 6.12. The van der Waals surface area contributed by atoms with Gasteiger partial charge in [0, 0.05) is 17.5 Å². The number of halogens is 1. The van der Waals surface area contributed by atoms with E-state index in [1.54, 1.807) is 12.7 Å². The second-order valence-corrected chi connectivity index (χ2v) is 7.14. The molecule has 0 aromatic carbocycles. The smallest absolute Gasteiger partial charge is 0.137 e. The number of hydrogen-bond acceptors (Lipinski definition) is 4. The molecule has 1 saturated heterocycles. The Labute approximate surface area is 119 Å². The number of thiophene rings is 1. The monoisotopic (exact) mass is 326 g/mol. The van der Waals surface area contributed by atoms with Gasteiger partial charge in [0.2, 0.25) is 0 Å². The minimum Gasteiger partial charge on any atom is -0.293 e. The molecule has 0 aliphatic carbocycles. The van der Waals surface area contributed by atoms with Gasteiger partial charge in [0.15, 0.2) is 0 Å². The summed E-state index contributed by atoms with van der Waals surface area (Å²) in [4.78, 5) is 7.98. The van der Waals surface area contributed by atoms with Crippen molar-refractivity contribution in [3.8, 4) is 0 Å². The van der Waals surface area contributed by atoms with Crippen LogP contribution in [0.15, 0.2) is 28.6 Å². The minimum absolute atomic E-state index is 0.590. The molecule has 0 spiro atoms. The Balaban J connectivity index is 1.64. The van der Waals surface area contributed by atoms with E-state index in [1.165, 1.54) is 28.0 Å². The minimum atomic E-state index is 0.590. The van der Waals surface area contributed by atoms with Crippen molar-refractivity contribution in [3.05, 3.63) is 33.5 Å². The molecular formula is C12H15BrN4S. The Morgan fingerprint density at radius 3 is 3.11 bits per heavy atom. The Bertz CT molecular complexity index is 496. The van der Waals surface area contributed by atoms with Gasteiger partial charge in [-0.2, -0.15) is 5.10 Å². The summed E-state index contributed by atoms with van der Waals surface area (Å²) in [5.74, 6) is 0. The zero-order valence-electron chi connectivity index (χ0n) is 10.00. The van der Waals surface area contributed by atoms with Gasteiger partial charge in [-0.05, 0) is 47.4 Å². The first kappa shape index (κ1) is 12.3. The van der Waals surface area contributed by atoms with Crippen LogP contribution in [0.3, 0.4) is 0 Å². The maximum Gasteiger partial charge on any atom is 0.137 e. The third-order valence-electron chi connectivity index (χ3n) is 3.35. The molecule has 0 amide bonds. The number of aromatic nitrogens is 3. The molecule has 1 atom stereocenters. The largest absolute Gasteiger partial charge is 0.293 e. The number of nitrogens with zero attached hydrogens (tertiary/aromatic N) is 4. The molecule has 3 rings (SSSR count). The van der Waals surface area contributed by atoms with Crippen molar-refractivity contribution < 1.29 is 0 Å². The lowest BCUT2D eigenvalue weighted by atomic mass is 10.2. The summed E-state index contributed by atoms with van der Waals surface area (Å²) in [5, 5.41) is 4.20. The molecule has 2 aromatic rings. The van der Waals surface area contributed by atoms with Gasteiger partial charge in [0.25, 0.3) is 0 Å². The van der Waals surface area contributed by atoms with Crippen molar-refractivity contribution in [2.24, 2.45) is 0 Å². The lowest BCUT2D eigenvalue weighted by Gasteiger charge is -2.23. The van der Waals surface area contributed by atoms with E-state index in [9.17, 15) is 0 Å². The zero-order valence-corrected chi connectivity index (χ0v) is 12.4. The van der Waals surface area contributed by atoms with Gasteiger partial charge >= 0.3 is 0 Å². The predicted molar refractivity (Wildman–Crippen MR) is 75.5 cm³/mol. The fraction of sp³-hybridized carbons (Fsp3) is 0.500. The van der Waals surface area contributed by atoms with Crippen molar-refractivity contribution in [2.75, 3.05) is 6.54 Å². The highest BCUT2D eigenvalue weighted by molar-refractivity contribution is 9.11. The summed E-state index contributed by atoms with van der Waals surface area (Å²) in [6.45, 7) is 3.19. The highest BCUT2D eigenvalue weighted by Gasteiger charge is 2.25. The summed E-state index contributed by atoms with van der Waals surface area (Å²) in [6, 6.07) is 4.93. The molecule has 6 heteroatoms. The van der Waals surface area contributed by atoms with Crippen molar-refractivity contribution >= 4 is 27.3 Å². The maximum absolute atomic E-state index is 4.20. The molecule has 1 fully saturated rings. The van der Waals surface area contributed by atoms with Crippen LogP contribution in [0.4, 0.5) is 0 Å². The van der Waals surface area contributed by atoms with Gasteiger partial charge < -0.3 is 0 Å². The van der Waals surface area contributed by atoms with Crippen LogP contribution in [0.5, 0.6) is 0 Å². The summed E-state index contributed by atoms with van der Waals surface area (Å²) >= 11 is 5.35. The SMILES string of the molecule is Brc1ccc(CN2CCC[C@@H]2Cn2cncn2)s1. The number of likely N-dealkylation sites (tertiary alicyclic amines) is 1. The van der Waals surface area contributed by atoms with Crippen LogP contribution < -0.4 is 0 Å². The van der Waals surface area contributed by atoms with E-state index >= 15 is 0 Å². The fourth-order valence-electron chi connectivity index (χ4n) is 2.49. The average Bonchev–Trinajstić information content (AvgIpc) is 3.05. The molecule has 0 saturated carbocycles. The molecule has 3 heterocycles. The van der Waals surface area contributed by atoms with Gasteiger partial charge in [-0.25, -0.2) is 4.98 Å². The van der Waals surface area contributed by atoms with Crippen molar-refractivity contribution in [2.45, 2.75) is 32.0 Å². The van der Waals surface area contributed by atoms with E-state index in [-0.39, 0.29) is 0 Å². The third-order valence-corrected chi connectivity index (χ3v) is 4.96. The Hall–Kier alpha value is -0.720. The standard InChI is InChI=1S/C12H15BrN4S/c13-12-4-3-11(18-12)7-16-5-1-2-10(16)6-17-9-14-8-15-17/h3-4,8-10H,1-2,5-7H2/t10-/m1/s1. The van der Waals surface area contributed by atoms with E-state index in [2.05, 4.69) is 43.0 Å². The molecule has 4 nitrogen and oxygen atoms in total.